The lowest BCUT2D eigenvalue weighted by atomic mass is 10.3. The van der Waals surface area contributed by atoms with Gasteiger partial charge in [-0.2, -0.15) is 0 Å². The Hall–Kier alpha value is -1.91. The van der Waals surface area contributed by atoms with Crippen molar-refractivity contribution in [3.63, 3.8) is 0 Å². The van der Waals surface area contributed by atoms with Crippen LogP contribution in [-0.4, -0.2) is 23.3 Å². The van der Waals surface area contributed by atoms with Gasteiger partial charge in [0.1, 0.15) is 0 Å². The molecule has 2 heterocycles. The Bertz CT molecular complexity index is 330. The van der Waals surface area contributed by atoms with Crippen LogP contribution in [0.25, 0.3) is 0 Å². The topological polar surface area (TPSA) is 85.1 Å². The molecule has 15 heavy (non-hydrogen) atoms. The Kier molecular flexibility index (Phi) is 4.28. The van der Waals surface area contributed by atoms with E-state index in [0.29, 0.717) is 5.56 Å². The highest BCUT2D eigenvalue weighted by Crippen LogP contribution is 1.93. The van der Waals surface area contributed by atoms with E-state index in [0.717, 1.165) is 19.4 Å². The minimum atomic E-state index is -0.442. The predicted molar refractivity (Wildman–Crippen MR) is 55.0 cm³/mol. The predicted octanol–water partition coefficient (Wildman–Crippen LogP) is 0.0769. The van der Waals surface area contributed by atoms with Crippen LogP contribution in [-0.2, 0) is 4.79 Å². The second-order valence-corrected chi connectivity index (χ2v) is 3.06. The highest BCUT2D eigenvalue weighted by Gasteiger charge is 2.05. The maximum absolute atomic E-state index is 10.4. The summed E-state index contributed by atoms with van der Waals surface area (Å²) in [5.74, 6) is -0.238. The summed E-state index contributed by atoms with van der Waals surface area (Å²) in [6.07, 6.45) is 4.79. The van der Waals surface area contributed by atoms with E-state index in [4.69, 9.17) is 5.73 Å². The SMILES string of the molecule is NC(=O)c1cccnc1.O=C1CCCN1. The summed E-state index contributed by atoms with van der Waals surface area (Å²) >= 11 is 0. The van der Waals surface area contributed by atoms with Crippen LogP contribution in [0.15, 0.2) is 24.5 Å². The number of aromatic nitrogens is 1. The van der Waals surface area contributed by atoms with Gasteiger partial charge in [-0.25, -0.2) is 0 Å². The number of hydrogen-bond acceptors (Lipinski definition) is 3. The Morgan fingerprint density at radius 1 is 1.53 bits per heavy atom. The third-order valence-corrected chi connectivity index (χ3v) is 1.85. The van der Waals surface area contributed by atoms with Crippen molar-refractivity contribution in [3.05, 3.63) is 30.1 Å². The quantitative estimate of drug-likeness (QED) is 0.683. The van der Waals surface area contributed by atoms with Crippen LogP contribution in [0.1, 0.15) is 23.2 Å². The molecule has 1 aromatic rings. The average Bonchev–Trinajstić information content (AvgIpc) is 2.71. The second kappa shape index (κ2) is 5.74. The molecule has 5 heteroatoms. The molecule has 0 atom stereocenters. The van der Waals surface area contributed by atoms with Gasteiger partial charge in [0.2, 0.25) is 11.8 Å². The van der Waals surface area contributed by atoms with Crippen molar-refractivity contribution in [2.75, 3.05) is 6.54 Å². The van der Waals surface area contributed by atoms with Gasteiger partial charge in [-0.05, 0) is 18.6 Å². The van der Waals surface area contributed by atoms with E-state index < -0.39 is 5.91 Å². The fraction of sp³-hybridized carbons (Fsp3) is 0.300. The van der Waals surface area contributed by atoms with Crippen molar-refractivity contribution in [1.29, 1.82) is 0 Å². The van der Waals surface area contributed by atoms with Crippen LogP contribution in [0, 0.1) is 0 Å². The summed E-state index contributed by atoms with van der Waals surface area (Å²) in [5, 5.41) is 2.68. The number of amides is 2. The maximum atomic E-state index is 10.4. The number of nitrogens with one attached hydrogen (secondary N) is 1. The van der Waals surface area contributed by atoms with Crippen molar-refractivity contribution < 1.29 is 9.59 Å². The molecule has 1 aliphatic heterocycles. The Balaban J connectivity index is 0.000000162. The van der Waals surface area contributed by atoms with Gasteiger partial charge in [0.05, 0.1) is 5.56 Å². The Morgan fingerprint density at radius 2 is 2.33 bits per heavy atom. The van der Waals surface area contributed by atoms with Crippen LogP contribution < -0.4 is 11.1 Å². The summed E-state index contributed by atoms with van der Waals surface area (Å²) in [6, 6.07) is 3.29. The van der Waals surface area contributed by atoms with Crippen molar-refractivity contribution in [2.24, 2.45) is 5.73 Å². The van der Waals surface area contributed by atoms with Crippen LogP contribution in [0.3, 0.4) is 0 Å². The summed E-state index contributed by atoms with van der Waals surface area (Å²) in [4.78, 5) is 24.2. The average molecular weight is 207 g/mol. The smallest absolute Gasteiger partial charge is 0.250 e. The minimum absolute atomic E-state index is 0.204. The minimum Gasteiger partial charge on any atom is -0.366 e. The Labute approximate surface area is 87.7 Å². The molecule has 1 aromatic heterocycles. The number of pyridine rings is 1. The van der Waals surface area contributed by atoms with Gasteiger partial charge >= 0.3 is 0 Å². The van der Waals surface area contributed by atoms with E-state index in [9.17, 15) is 9.59 Å². The molecule has 2 rings (SSSR count). The fourth-order valence-electron chi connectivity index (χ4n) is 1.07. The van der Waals surface area contributed by atoms with Crippen molar-refractivity contribution >= 4 is 11.8 Å². The summed E-state index contributed by atoms with van der Waals surface area (Å²) in [6.45, 7) is 0.888. The maximum Gasteiger partial charge on any atom is 0.250 e. The Morgan fingerprint density at radius 3 is 2.60 bits per heavy atom. The first kappa shape index (κ1) is 11.2. The van der Waals surface area contributed by atoms with Crippen LogP contribution >= 0.6 is 0 Å². The zero-order valence-corrected chi connectivity index (χ0v) is 8.27. The van der Waals surface area contributed by atoms with E-state index in [1.807, 2.05) is 0 Å². The summed E-state index contributed by atoms with van der Waals surface area (Å²) < 4.78 is 0. The first-order valence-corrected chi connectivity index (χ1v) is 4.66. The van der Waals surface area contributed by atoms with E-state index >= 15 is 0 Å². The van der Waals surface area contributed by atoms with Crippen molar-refractivity contribution in [1.82, 2.24) is 10.3 Å². The van der Waals surface area contributed by atoms with Gasteiger partial charge in [-0.1, -0.05) is 0 Å². The second-order valence-electron chi connectivity index (χ2n) is 3.06. The molecule has 1 aliphatic rings. The molecular formula is C10H13N3O2. The normalized spacial score (nSPS) is 13.7. The van der Waals surface area contributed by atoms with E-state index in [1.165, 1.54) is 6.20 Å². The molecule has 0 aromatic carbocycles. The lowest BCUT2D eigenvalue weighted by Crippen LogP contribution is -2.12. The number of rotatable bonds is 1. The zero-order valence-electron chi connectivity index (χ0n) is 8.27. The van der Waals surface area contributed by atoms with Gasteiger partial charge in [-0.3, -0.25) is 14.6 Å². The van der Waals surface area contributed by atoms with Gasteiger partial charge in [-0.15, -0.1) is 0 Å². The number of hydrogen-bond donors (Lipinski definition) is 2. The van der Waals surface area contributed by atoms with E-state index in [2.05, 4.69) is 10.3 Å². The lowest BCUT2D eigenvalue weighted by Gasteiger charge is -1.88. The molecule has 2 amide bonds. The molecule has 1 saturated heterocycles. The van der Waals surface area contributed by atoms with Gasteiger partial charge in [0.15, 0.2) is 0 Å². The number of primary amides is 1. The lowest BCUT2D eigenvalue weighted by molar-refractivity contribution is -0.119. The monoisotopic (exact) mass is 207 g/mol. The molecule has 3 N–H and O–H groups in total. The molecule has 0 bridgehead atoms. The van der Waals surface area contributed by atoms with Gasteiger partial charge < -0.3 is 11.1 Å². The highest BCUT2D eigenvalue weighted by atomic mass is 16.2. The van der Waals surface area contributed by atoms with Crippen LogP contribution in [0.4, 0.5) is 0 Å². The molecule has 1 fully saturated rings. The zero-order chi connectivity index (χ0) is 11.1. The largest absolute Gasteiger partial charge is 0.366 e. The first-order valence-electron chi connectivity index (χ1n) is 4.66. The number of carbonyl (C=O) groups is 2. The van der Waals surface area contributed by atoms with E-state index in [-0.39, 0.29) is 5.91 Å². The summed E-state index contributed by atoms with van der Waals surface area (Å²) in [7, 11) is 0. The molecule has 0 radical (unpaired) electrons. The molecular weight excluding hydrogens is 194 g/mol. The van der Waals surface area contributed by atoms with Crippen molar-refractivity contribution in [2.45, 2.75) is 12.8 Å². The van der Waals surface area contributed by atoms with Gasteiger partial charge in [0, 0.05) is 25.4 Å². The van der Waals surface area contributed by atoms with Crippen LogP contribution in [0.5, 0.6) is 0 Å². The molecule has 80 valence electrons. The molecule has 0 saturated carbocycles. The third-order valence-electron chi connectivity index (χ3n) is 1.85. The van der Waals surface area contributed by atoms with Crippen LogP contribution in [0.2, 0.25) is 0 Å². The fourth-order valence-corrected chi connectivity index (χ4v) is 1.07. The number of nitrogens with two attached hydrogens (primary N) is 1. The number of carbonyl (C=O) groups excluding carboxylic acids is 2. The standard InChI is InChI=1S/C6H6N2O.C4H7NO/c7-6(9)5-2-1-3-8-4-5;6-4-2-1-3-5-4/h1-4H,(H2,7,9);1-3H2,(H,5,6). The summed E-state index contributed by atoms with van der Waals surface area (Å²) in [5.41, 5.74) is 5.38. The van der Waals surface area contributed by atoms with Gasteiger partial charge in [0.25, 0.3) is 0 Å². The number of nitrogens with zero attached hydrogens (tertiary/aromatic N) is 1. The molecule has 0 unspecified atom stereocenters. The van der Waals surface area contributed by atoms with E-state index in [1.54, 1.807) is 18.3 Å². The highest BCUT2D eigenvalue weighted by molar-refractivity contribution is 5.92. The van der Waals surface area contributed by atoms with Crippen molar-refractivity contribution in [3.8, 4) is 0 Å². The molecule has 0 spiro atoms. The first-order chi connectivity index (χ1) is 7.20. The third kappa shape index (κ3) is 4.21. The molecule has 0 aliphatic carbocycles. The molecule has 5 nitrogen and oxygen atoms in total.